The van der Waals surface area contributed by atoms with E-state index in [1.54, 1.807) is 4.57 Å². The molecule has 1 aromatic carbocycles. The first-order chi connectivity index (χ1) is 7.16. The van der Waals surface area contributed by atoms with Gasteiger partial charge >= 0.3 is 0 Å². The fourth-order valence-corrected chi connectivity index (χ4v) is 2.16. The Morgan fingerprint density at radius 1 is 1.20 bits per heavy atom. The number of aryl methyl sites for hydroxylation is 3. The molecule has 1 aliphatic rings. The molecule has 0 bridgehead atoms. The maximum atomic E-state index is 11.7. The fourth-order valence-electron chi connectivity index (χ4n) is 2.16. The van der Waals surface area contributed by atoms with Crippen molar-refractivity contribution in [3.8, 4) is 0 Å². The number of nitrogens with zero attached hydrogens (tertiary/aromatic N) is 2. The summed E-state index contributed by atoms with van der Waals surface area (Å²) in [6, 6.07) is 4.12. The summed E-state index contributed by atoms with van der Waals surface area (Å²) in [6.07, 6.45) is 1.39. The number of benzene rings is 1. The SMILES string of the molecule is Cc1cc2nc3n(c2cc1C)C(=O)CC3. The van der Waals surface area contributed by atoms with Gasteiger partial charge in [-0.05, 0) is 37.1 Å². The van der Waals surface area contributed by atoms with E-state index in [4.69, 9.17) is 0 Å². The number of carbonyl (C=O) groups excluding carboxylic acids is 1. The van der Waals surface area contributed by atoms with Crippen molar-refractivity contribution < 1.29 is 4.79 Å². The van der Waals surface area contributed by atoms with Crippen LogP contribution in [0.25, 0.3) is 11.0 Å². The van der Waals surface area contributed by atoms with Crippen molar-refractivity contribution >= 4 is 16.9 Å². The molecule has 3 heteroatoms. The van der Waals surface area contributed by atoms with Crippen LogP contribution in [0.15, 0.2) is 12.1 Å². The number of aromatic nitrogens is 2. The monoisotopic (exact) mass is 200 g/mol. The summed E-state index contributed by atoms with van der Waals surface area (Å²) >= 11 is 0. The number of carbonyl (C=O) groups is 1. The molecule has 0 spiro atoms. The Hall–Kier alpha value is -1.64. The third kappa shape index (κ3) is 1.06. The lowest BCUT2D eigenvalue weighted by Gasteiger charge is -2.01. The first-order valence-corrected chi connectivity index (χ1v) is 5.18. The van der Waals surface area contributed by atoms with Gasteiger partial charge in [-0.25, -0.2) is 4.98 Å². The van der Waals surface area contributed by atoms with Gasteiger partial charge in [0.15, 0.2) is 0 Å². The van der Waals surface area contributed by atoms with Gasteiger partial charge in [-0.2, -0.15) is 0 Å². The van der Waals surface area contributed by atoms with E-state index in [-0.39, 0.29) is 5.91 Å². The molecule has 0 amide bonds. The second kappa shape index (κ2) is 2.69. The summed E-state index contributed by atoms with van der Waals surface area (Å²) in [6.45, 7) is 4.13. The smallest absolute Gasteiger partial charge is 0.233 e. The van der Waals surface area contributed by atoms with Crippen molar-refractivity contribution in [1.82, 2.24) is 9.55 Å². The van der Waals surface area contributed by atoms with E-state index in [2.05, 4.69) is 31.0 Å². The lowest BCUT2D eigenvalue weighted by Crippen LogP contribution is -2.03. The summed E-state index contributed by atoms with van der Waals surface area (Å²) in [7, 11) is 0. The lowest BCUT2D eigenvalue weighted by molar-refractivity contribution is 0.0928. The summed E-state index contributed by atoms with van der Waals surface area (Å²) in [5.74, 6) is 1.09. The summed E-state index contributed by atoms with van der Waals surface area (Å²) in [5.41, 5.74) is 4.35. The standard InChI is InChI=1S/C12H12N2O/c1-7-5-9-10(6-8(7)2)14-11(13-9)3-4-12(14)15/h5-6H,3-4H2,1-2H3. The van der Waals surface area contributed by atoms with Crippen LogP contribution in [0.5, 0.6) is 0 Å². The predicted molar refractivity (Wildman–Crippen MR) is 58.2 cm³/mol. The zero-order chi connectivity index (χ0) is 10.6. The molecule has 0 fully saturated rings. The Labute approximate surface area is 87.7 Å². The summed E-state index contributed by atoms with van der Waals surface area (Å²) in [4.78, 5) is 16.1. The molecule has 0 saturated carbocycles. The van der Waals surface area contributed by atoms with Crippen LogP contribution >= 0.6 is 0 Å². The minimum absolute atomic E-state index is 0.177. The molecule has 0 unspecified atom stereocenters. The number of fused-ring (bicyclic) bond motifs is 3. The highest BCUT2D eigenvalue weighted by molar-refractivity contribution is 5.93. The molecule has 76 valence electrons. The molecule has 0 N–H and O–H groups in total. The molecule has 3 nitrogen and oxygen atoms in total. The van der Waals surface area contributed by atoms with Gasteiger partial charge in [-0.15, -0.1) is 0 Å². The van der Waals surface area contributed by atoms with Gasteiger partial charge in [0, 0.05) is 12.8 Å². The van der Waals surface area contributed by atoms with Crippen LogP contribution in [0.3, 0.4) is 0 Å². The summed E-state index contributed by atoms with van der Waals surface area (Å²) in [5, 5.41) is 0. The number of hydrogen-bond acceptors (Lipinski definition) is 2. The van der Waals surface area contributed by atoms with E-state index in [1.165, 1.54) is 11.1 Å². The molecule has 0 radical (unpaired) electrons. The first-order valence-electron chi connectivity index (χ1n) is 5.18. The van der Waals surface area contributed by atoms with Gasteiger partial charge in [0.1, 0.15) is 5.82 Å². The van der Waals surface area contributed by atoms with E-state index >= 15 is 0 Å². The number of imidazole rings is 1. The fraction of sp³-hybridized carbons (Fsp3) is 0.333. The molecule has 0 saturated heterocycles. The normalized spacial score (nSPS) is 14.9. The Kier molecular flexibility index (Phi) is 1.55. The van der Waals surface area contributed by atoms with E-state index < -0.39 is 0 Å². The molecule has 0 aliphatic carbocycles. The highest BCUT2D eigenvalue weighted by Crippen LogP contribution is 2.25. The molecule has 2 aromatic rings. The van der Waals surface area contributed by atoms with Gasteiger partial charge in [0.2, 0.25) is 5.91 Å². The zero-order valence-electron chi connectivity index (χ0n) is 8.87. The molecule has 1 aromatic heterocycles. The Balaban J connectivity index is 2.42. The average Bonchev–Trinajstić information content (AvgIpc) is 2.69. The molecule has 15 heavy (non-hydrogen) atoms. The highest BCUT2D eigenvalue weighted by Gasteiger charge is 2.23. The van der Waals surface area contributed by atoms with E-state index in [0.29, 0.717) is 6.42 Å². The minimum Gasteiger partial charge on any atom is -0.274 e. The van der Waals surface area contributed by atoms with Crippen LogP contribution < -0.4 is 0 Å². The number of rotatable bonds is 0. The topological polar surface area (TPSA) is 34.9 Å². The maximum Gasteiger partial charge on any atom is 0.233 e. The van der Waals surface area contributed by atoms with Crippen molar-refractivity contribution in [3.63, 3.8) is 0 Å². The van der Waals surface area contributed by atoms with Crippen molar-refractivity contribution in [2.45, 2.75) is 26.7 Å². The lowest BCUT2D eigenvalue weighted by atomic mass is 10.1. The van der Waals surface area contributed by atoms with E-state index in [1.807, 2.05) is 0 Å². The van der Waals surface area contributed by atoms with Crippen LogP contribution in [-0.4, -0.2) is 15.5 Å². The van der Waals surface area contributed by atoms with E-state index in [0.717, 1.165) is 23.3 Å². The van der Waals surface area contributed by atoms with Gasteiger partial charge in [0.25, 0.3) is 0 Å². The van der Waals surface area contributed by atoms with Crippen molar-refractivity contribution in [2.75, 3.05) is 0 Å². The van der Waals surface area contributed by atoms with Crippen molar-refractivity contribution in [1.29, 1.82) is 0 Å². The molecular formula is C12H12N2O. The van der Waals surface area contributed by atoms with Crippen molar-refractivity contribution in [2.24, 2.45) is 0 Å². The van der Waals surface area contributed by atoms with Crippen molar-refractivity contribution in [3.05, 3.63) is 29.1 Å². The molecule has 3 rings (SSSR count). The predicted octanol–water partition coefficient (Wildman–Crippen LogP) is 2.24. The second-order valence-electron chi connectivity index (χ2n) is 4.18. The maximum absolute atomic E-state index is 11.7. The van der Waals surface area contributed by atoms with Crippen LogP contribution in [0.2, 0.25) is 0 Å². The van der Waals surface area contributed by atoms with Gasteiger partial charge in [0.05, 0.1) is 11.0 Å². The average molecular weight is 200 g/mol. The van der Waals surface area contributed by atoms with Crippen LogP contribution in [-0.2, 0) is 6.42 Å². The van der Waals surface area contributed by atoms with Gasteiger partial charge in [-0.3, -0.25) is 9.36 Å². The highest BCUT2D eigenvalue weighted by atomic mass is 16.2. The Morgan fingerprint density at radius 3 is 2.73 bits per heavy atom. The Bertz CT molecular complexity index is 581. The largest absolute Gasteiger partial charge is 0.274 e. The molecule has 0 atom stereocenters. The van der Waals surface area contributed by atoms with Crippen LogP contribution in [0.4, 0.5) is 0 Å². The number of hydrogen-bond donors (Lipinski definition) is 0. The summed E-state index contributed by atoms with van der Waals surface area (Å²) < 4.78 is 1.77. The Morgan fingerprint density at radius 2 is 1.93 bits per heavy atom. The molecule has 2 heterocycles. The second-order valence-corrected chi connectivity index (χ2v) is 4.18. The third-order valence-corrected chi connectivity index (χ3v) is 3.15. The van der Waals surface area contributed by atoms with Gasteiger partial charge < -0.3 is 0 Å². The minimum atomic E-state index is 0.177. The van der Waals surface area contributed by atoms with Crippen LogP contribution in [0.1, 0.15) is 28.2 Å². The first kappa shape index (κ1) is 8.65. The van der Waals surface area contributed by atoms with E-state index in [9.17, 15) is 4.79 Å². The van der Waals surface area contributed by atoms with Gasteiger partial charge in [-0.1, -0.05) is 0 Å². The molecular weight excluding hydrogens is 188 g/mol. The third-order valence-electron chi connectivity index (χ3n) is 3.15. The molecule has 1 aliphatic heterocycles. The quantitative estimate of drug-likeness (QED) is 0.653. The van der Waals surface area contributed by atoms with Crippen LogP contribution in [0, 0.1) is 13.8 Å². The zero-order valence-corrected chi connectivity index (χ0v) is 8.87.